The number of hydrogen-bond donors (Lipinski definition) is 3. The molecular formula is C78H129N9O7. The van der Waals surface area contributed by atoms with E-state index in [2.05, 4.69) is 51.4 Å². The lowest BCUT2D eigenvalue weighted by molar-refractivity contribution is -0.136. The van der Waals surface area contributed by atoms with Gasteiger partial charge in [-0.25, -0.2) is 0 Å². The number of fused-ring (bicyclic) bond motifs is 15. The third kappa shape index (κ3) is 14.0. The third-order valence-electron chi connectivity index (χ3n) is 29.8. The van der Waals surface area contributed by atoms with E-state index in [-0.39, 0.29) is 68.4 Å². The third-order valence-corrected chi connectivity index (χ3v) is 29.8. The normalized spacial score (nSPS) is 45.0. The van der Waals surface area contributed by atoms with Crippen molar-refractivity contribution < 1.29 is 34.4 Å². The van der Waals surface area contributed by atoms with Crippen molar-refractivity contribution >= 4 is 17.3 Å². The highest BCUT2D eigenvalue weighted by molar-refractivity contribution is 5.86. The number of nitrogens with zero attached hydrogens (tertiary/aromatic N) is 9. The molecule has 3 aromatic rings. The molecule has 0 radical (unpaired) electrons. The van der Waals surface area contributed by atoms with E-state index in [1.54, 1.807) is 51.6 Å². The molecular weight excluding hydrogens is 1170 g/mol. The van der Waals surface area contributed by atoms with Crippen molar-refractivity contribution in [1.82, 2.24) is 45.0 Å². The first-order valence-electron chi connectivity index (χ1n) is 37.4. The molecule has 94 heavy (non-hydrogen) atoms. The van der Waals surface area contributed by atoms with E-state index < -0.39 is 16.8 Å². The predicted octanol–water partition coefficient (Wildman–Crippen LogP) is 15.4. The lowest BCUT2D eigenvalue weighted by Crippen LogP contribution is -2.51. The molecule has 12 saturated carbocycles. The fraction of sp³-hybridized carbons (Fsp3) is 0.885. The highest BCUT2D eigenvalue weighted by Crippen LogP contribution is 2.68. The van der Waals surface area contributed by atoms with Crippen LogP contribution in [-0.4, -0.2) is 108 Å². The number of aliphatic hydroxyl groups is 3. The Morgan fingerprint density at radius 2 is 0.713 bits per heavy atom. The minimum Gasteiger partial charge on any atom is -0.390 e. The molecule has 3 N–H and O–H groups in total. The van der Waals surface area contributed by atoms with Crippen LogP contribution in [0.25, 0.3) is 0 Å². The molecule has 3 aromatic heterocycles. The molecule has 13 fully saturated rings. The van der Waals surface area contributed by atoms with Crippen LogP contribution < -0.4 is 0 Å². The maximum absolute atomic E-state index is 13.4. The second-order valence-corrected chi connectivity index (χ2v) is 34.7. The summed E-state index contributed by atoms with van der Waals surface area (Å²) in [5.74, 6) is 13.0. The topological polar surface area (TPSA) is 213 Å². The van der Waals surface area contributed by atoms with Gasteiger partial charge in [-0.1, -0.05) is 43.1 Å². The lowest BCUT2D eigenvalue weighted by atomic mass is 9.49. The number of Topliss-reactive ketones (excluding diaryl/α,β-unsaturated/α-hetero) is 3. The van der Waals surface area contributed by atoms with E-state index in [0.717, 1.165) is 130 Å². The Hall–Kier alpha value is -3.73. The van der Waals surface area contributed by atoms with E-state index in [0.29, 0.717) is 53.5 Å². The molecule has 0 unspecified atom stereocenters. The van der Waals surface area contributed by atoms with Crippen molar-refractivity contribution in [2.24, 2.45) is 123 Å². The first-order chi connectivity index (χ1) is 43.5. The van der Waals surface area contributed by atoms with Crippen LogP contribution in [0.1, 0.15) is 276 Å². The van der Waals surface area contributed by atoms with Crippen molar-refractivity contribution in [2.45, 2.75) is 299 Å². The summed E-state index contributed by atoms with van der Waals surface area (Å²) in [6.45, 7) is 19.6. The number of ether oxygens (including phenoxy) is 1. The summed E-state index contributed by atoms with van der Waals surface area (Å²) in [6.07, 6.45) is 43.9. The van der Waals surface area contributed by atoms with Crippen molar-refractivity contribution in [3.63, 3.8) is 0 Å². The van der Waals surface area contributed by atoms with E-state index in [1.807, 2.05) is 34.6 Å². The van der Waals surface area contributed by atoms with Gasteiger partial charge in [0, 0.05) is 31.0 Å². The molecule has 13 aliphatic rings. The standard InChI is InChI=1S/2C24H37N3O2.C23H35N3O2.C4H8O.3CH4/c2*1-15(27-25-12-13-26-27)22(28)21-7-6-20-19-5-4-16-14-23(2,29)10-8-17(16)18(19)9-11-24(20,21)3;1-22(28)9-7-16-15(13-22)3-4-18-17(16)8-10-23(2)19(18)5-6-20(23)21(27)14-26-24-11-12-25-26;1-2-4-5-3-1;;;/h2*12-13,15-21,29H,4-11,14H2,1-3H3;11-12,15-20,28H,3-10,13-14H2,1-2H3;1-4H2;3*1H4/t15-,16+,17-,18+,19+,20-,21+,23+,24-;15-,16-,17+,18-,19-,20+,21-,23-,24+;15-,16+,17-,18-,19+,20-,22-,23+;;;;/m011..../s1. The number of aromatic nitrogens is 9. The zero-order valence-electron chi connectivity index (χ0n) is 57.1. The zero-order valence-corrected chi connectivity index (χ0v) is 57.1. The summed E-state index contributed by atoms with van der Waals surface area (Å²) in [7, 11) is 0. The number of rotatable bonds is 9. The van der Waals surface area contributed by atoms with Crippen molar-refractivity contribution in [3.05, 3.63) is 37.2 Å². The Morgan fingerprint density at radius 3 is 1.04 bits per heavy atom. The predicted molar refractivity (Wildman–Crippen MR) is 368 cm³/mol. The van der Waals surface area contributed by atoms with Crippen LogP contribution in [0.5, 0.6) is 0 Å². The first kappa shape index (κ1) is 73.0. The fourth-order valence-electron chi connectivity index (χ4n) is 25.5. The average molecular weight is 1300 g/mol. The van der Waals surface area contributed by atoms with Gasteiger partial charge in [0.25, 0.3) is 0 Å². The van der Waals surface area contributed by atoms with E-state index in [9.17, 15) is 29.7 Å². The van der Waals surface area contributed by atoms with Crippen LogP contribution >= 0.6 is 0 Å². The average Bonchev–Trinajstić information content (AvgIpc) is 1.50. The van der Waals surface area contributed by atoms with Gasteiger partial charge in [-0.3, -0.25) is 14.4 Å². The molecule has 16 nitrogen and oxygen atoms in total. The fourth-order valence-corrected chi connectivity index (χ4v) is 25.5. The monoisotopic (exact) mass is 1300 g/mol. The Bertz CT molecular complexity index is 2810. The maximum Gasteiger partial charge on any atom is 0.162 e. The van der Waals surface area contributed by atoms with E-state index >= 15 is 0 Å². The van der Waals surface area contributed by atoms with Gasteiger partial charge in [0.2, 0.25) is 0 Å². The molecule has 16 rings (SSSR count). The molecule has 0 bridgehead atoms. The second-order valence-electron chi connectivity index (χ2n) is 34.7. The van der Waals surface area contributed by atoms with Gasteiger partial charge < -0.3 is 20.1 Å². The zero-order chi connectivity index (χ0) is 63.8. The summed E-state index contributed by atoms with van der Waals surface area (Å²) < 4.78 is 4.94. The number of carbonyl (C=O) groups excluding carboxylic acids is 3. The largest absolute Gasteiger partial charge is 0.390 e. The van der Waals surface area contributed by atoms with Crippen molar-refractivity contribution in [1.29, 1.82) is 0 Å². The minimum absolute atomic E-state index is 0. The number of carbonyl (C=O) groups is 3. The molecule has 16 heteroatoms. The van der Waals surface area contributed by atoms with Gasteiger partial charge in [-0.15, -0.1) is 0 Å². The van der Waals surface area contributed by atoms with Crippen LogP contribution in [0.2, 0.25) is 0 Å². The van der Waals surface area contributed by atoms with Crippen LogP contribution in [0.15, 0.2) is 37.2 Å². The maximum atomic E-state index is 13.4. The summed E-state index contributed by atoms with van der Waals surface area (Å²) in [5.41, 5.74) is -0.877. The van der Waals surface area contributed by atoms with Gasteiger partial charge in [0.05, 0.1) is 54.0 Å². The Balaban J connectivity index is 0.000000146. The molecule has 0 spiro atoms. The Kier molecular flexibility index (Phi) is 22.4. The van der Waals surface area contributed by atoms with Crippen LogP contribution in [0.3, 0.4) is 0 Å². The van der Waals surface area contributed by atoms with Crippen molar-refractivity contribution in [3.8, 4) is 0 Å². The van der Waals surface area contributed by atoms with Crippen LogP contribution in [-0.2, 0) is 25.7 Å². The molecule has 1 aliphatic heterocycles. The van der Waals surface area contributed by atoms with Gasteiger partial charge in [0.1, 0.15) is 18.6 Å². The summed E-state index contributed by atoms with van der Waals surface area (Å²) in [4.78, 5) is 44.7. The quantitative estimate of drug-likeness (QED) is 0.182. The lowest BCUT2D eigenvalue weighted by Gasteiger charge is -2.57. The first-order valence-corrected chi connectivity index (χ1v) is 37.4. The number of hydrogen-bond acceptors (Lipinski definition) is 13. The van der Waals surface area contributed by atoms with Crippen LogP contribution in [0, 0.1) is 123 Å². The van der Waals surface area contributed by atoms with E-state index in [4.69, 9.17) is 4.74 Å². The van der Waals surface area contributed by atoms with Gasteiger partial charge >= 0.3 is 0 Å². The molecule has 1 saturated heterocycles. The Labute approximate surface area is 566 Å². The molecule has 4 heterocycles. The SMILES string of the molecule is C.C.C.C1CCOC1.C[C@@H](C(=O)[C@H]1CC[C@H]2[C@@H]3CC[C@@H]4C[C@](C)(O)CC[C@@H]4[C@H]3CC[C@]12C)n1nccn1.C[C@@]1(O)CC[C@H]2[C@H](CC[C@@H]3[C@@H]2CC[C@]2(C)[C@@H](C(=O)Cn4nccn4)CC[C@@H]32)C1.C[C@H](C(=O)[C@H]1CC[C@H]2[C@@H]3CC[C@@H]4C[C@](C)(O)CC[C@@H]4[C@H]3CC[C@]12C)n1nccn1. The van der Waals surface area contributed by atoms with Gasteiger partial charge in [-0.2, -0.15) is 45.0 Å². The molecule has 0 amide bonds. The second kappa shape index (κ2) is 28.9. The van der Waals surface area contributed by atoms with Gasteiger partial charge in [-0.05, 0) is 326 Å². The highest BCUT2D eigenvalue weighted by Gasteiger charge is 2.63. The smallest absolute Gasteiger partial charge is 0.162 e. The molecule has 0 aromatic carbocycles. The minimum atomic E-state index is -0.446. The molecule has 26 atom stereocenters. The summed E-state index contributed by atoms with van der Waals surface area (Å²) >= 11 is 0. The van der Waals surface area contributed by atoms with Gasteiger partial charge in [0.15, 0.2) is 17.3 Å². The highest BCUT2D eigenvalue weighted by atomic mass is 16.5. The molecule has 12 aliphatic carbocycles. The number of ketones is 3. The Morgan fingerprint density at radius 1 is 0.404 bits per heavy atom. The van der Waals surface area contributed by atoms with Crippen molar-refractivity contribution in [2.75, 3.05) is 13.2 Å². The van der Waals surface area contributed by atoms with Crippen LogP contribution in [0.4, 0.5) is 0 Å². The summed E-state index contributed by atoms with van der Waals surface area (Å²) in [5, 5.41) is 56.9. The summed E-state index contributed by atoms with van der Waals surface area (Å²) in [6, 6.07) is -0.528. The molecule has 528 valence electrons. The van der Waals surface area contributed by atoms with E-state index in [1.165, 1.54) is 128 Å².